The molecule has 0 radical (unpaired) electrons. The quantitative estimate of drug-likeness (QED) is 0.938. The van der Waals surface area contributed by atoms with E-state index in [0.29, 0.717) is 6.54 Å². The van der Waals surface area contributed by atoms with Crippen molar-refractivity contribution < 1.29 is 4.79 Å². The van der Waals surface area contributed by atoms with Crippen LogP contribution >= 0.6 is 11.3 Å². The van der Waals surface area contributed by atoms with Crippen LogP contribution in [0.4, 0.5) is 5.13 Å². The zero-order chi connectivity index (χ0) is 13.9. The number of ketones is 1. The third-order valence-corrected chi connectivity index (χ3v) is 4.41. The van der Waals surface area contributed by atoms with E-state index in [1.165, 1.54) is 16.9 Å². The lowest BCUT2D eigenvalue weighted by atomic mass is 10.1. The molecule has 5 heteroatoms. The van der Waals surface area contributed by atoms with Gasteiger partial charge in [0, 0.05) is 13.1 Å². The fourth-order valence-corrected chi connectivity index (χ4v) is 3.27. The van der Waals surface area contributed by atoms with E-state index in [9.17, 15) is 4.79 Å². The first kappa shape index (κ1) is 13.3. The lowest BCUT2D eigenvalue weighted by Gasteiger charge is -2.19. The van der Waals surface area contributed by atoms with E-state index in [2.05, 4.69) is 22.4 Å². The molecule has 0 saturated carbocycles. The Morgan fingerprint density at radius 1 is 1.30 bits per heavy atom. The first-order valence-corrected chi connectivity index (χ1v) is 7.53. The lowest BCUT2D eigenvalue weighted by Crippen LogP contribution is -2.31. The van der Waals surface area contributed by atoms with Gasteiger partial charge in [-0.3, -0.25) is 9.69 Å². The molecule has 1 N–H and O–H groups in total. The number of carbonyl (C=O) groups is 1. The molecule has 104 valence electrons. The smallest absolute Gasteiger partial charge is 0.188 e. The van der Waals surface area contributed by atoms with E-state index < -0.39 is 0 Å². The van der Waals surface area contributed by atoms with Gasteiger partial charge in [-0.25, -0.2) is 4.98 Å². The Morgan fingerprint density at radius 2 is 2.10 bits per heavy atom. The second-order valence-corrected chi connectivity index (χ2v) is 6.05. The third kappa shape index (κ3) is 2.89. The molecule has 3 rings (SSSR count). The van der Waals surface area contributed by atoms with E-state index in [-0.39, 0.29) is 5.78 Å². The number of benzene rings is 1. The predicted octanol–water partition coefficient (Wildman–Crippen LogP) is 2.43. The van der Waals surface area contributed by atoms with Crippen molar-refractivity contribution in [1.82, 2.24) is 9.88 Å². The maximum atomic E-state index is 11.9. The number of aromatic nitrogens is 1. The van der Waals surface area contributed by atoms with Gasteiger partial charge in [0.1, 0.15) is 0 Å². The average molecular weight is 287 g/mol. The first-order valence-electron chi connectivity index (χ1n) is 6.71. The molecular formula is C15H17N3OS. The second kappa shape index (κ2) is 5.73. The van der Waals surface area contributed by atoms with Gasteiger partial charge in [0.15, 0.2) is 10.9 Å². The highest BCUT2D eigenvalue weighted by atomic mass is 32.1. The van der Waals surface area contributed by atoms with Crippen molar-refractivity contribution in [1.29, 1.82) is 0 Å². The zero-order valence-electron chi connectivity index (χ0n) is 11.4. The summed E-state index contributed by atoms with van der Waals surface area (Å²) in [5.74, 6) is 0.183. The summed E-state index contributed by atoms with van der Waals surface area (Å²) in [6, 6.07) is 10.4. The fraction of sp³-hybridized carbons (Fsp3) is 0.333. The monoisotopic (exact) mass is 287 g/mol. The molecule has 0 unspecified atom stereocenters. The van der Waals surface area contributed by atoms with Gasteiger partial charge < -0.3 is 5.32 Å². The number of nitrogens with one attached hydrogen (secondary N) is 1. The van der Waals surface area contributed by atoms with Crippen molar-refractivity contribution in [2.75, 3.05) is 25.5 Å². The molecule has 0 spiro atoms. The van der Waals surface area contributed by atoms with Crippen molar-refractivity contribution in [3.05, 3.63) is 46.5 Å². The number of Topliss-reactive ketones (excluding diaryl/α,β-unsaturated/α-hetero) is 1. The number of fused-ring (bicyclic) bond motifs is 1. The van der Waals surface area contributed by atoms with Crippen molar-refractivity contribution in [3.8, 4) is 0 Å². The molecule has 20 heavy (non-hydrogen) atoms. The van der Waals surface area contributed by atoms with E-state index in [4.69, 9.17) is 0 Å². The van der Waals surface area contributed by atoms with Crippen molar-refractivity contribution in [3.63, 3.8) is 0 Å². The molecule has 4 nitrogen and oxygen atoms in total. The Balaban J connectivity index is 1.62. The van der Waals surface area contributed by atoms with Crippen LogP contribution in [0.25, 0.3) is 0 Å². The molecule has 1 aromatic heterocycles. The average Bonchev–Trinajstić information content (AvgIpc) is 2.83. The highest BCUT2D eigenvalue weighted by Gasteiger charge is 2.25. The van der Waals surface area contributed by atoms with Gasteiger partial charge in [-0.15, -0.1) is 0 Å². The van der Waals surface area contributed by atoms with Crippen molar-refractivity contribution in [2.45, 2.75) is 13.0 Å². The van der Waals surface area contributed by atoms with Crippen molar-refractivity contribution >= 4 is 22.3 Å². The summed E-state index contributed by atoms with van der Waals surface area (Å²) < 4.78 is 0. The molecule has 0 amide bonds. The highest BCUT2D eigenvalue weighted by molar-refractivity contribution is 7.17. The molecule has 2 aromatic rings. The van der Waals surface area contributed by atoms with Gasteiger partial charge in [0.2, 0.25) is 0 Å². The SMILES string of the molecule is CN1CC(=O)c2sc(NCCc3ccccc3)nc2C1. The summed E-state index contributed by atoms with van der Waals surface area (Å²) in [5.41, 5.74) is 2.22. The summed E-state index contributed by atoms with van der Waals surface area (Å²) >= 11 is 1.48. The number of hydrogen-bond donors (Lipinski definition) is 1. The number of thiazole rings is 1. The van der Waals surface area contributed by atoms with Gasteiger partial charge in [-0.1, -0.05) is 41.7 Å². The Bertz CT molecular complexity index is 609. The molecule has 2 heterocycles. The summed E-state index contributed by atoms with van der Waals surface area (Å²) in [4.78, 5) is 19.3. The Labute approximate surface area is 122 Å². The molecule has 1 aliphatic rings. The van der Waals surface area contributed by atoms with Crippen LogP contribution in [0.3, 0.4) is 0 Å². The van der Waals surface area contributed by atoms with Crippen LogP contribution < -0.4 is 5.32 Å². The van der Waals surface area contributed by atoms with Crippen LogP contribution in [0, 0.1) is 0 Å². The number of carbonyl (C=O) groups excluding carboxylic acids is 1. The van der Waals surface area contributed by atoms with E-state index >= 15 is 0 Å². The standard InChI is InChI=1S/C15H17N3OS/c1-18-9-12-14(13(19)10-18)20-15(17-12)16-8-7-11-5-3-2-4-6-11/h2-6H,7-10H2,1H3,(H,16,17). The largest absolute Gasteiger partial charge is 0.361 e. The predicted molar refractivity (Wildman–Crippen MR) is 81.4 cm³/mol. The van der Waals surface area contributed by atoms with Crippen LogP contribution in [0.2, 0.25) is 0 Å². The Hall–Kier alpha value is -1.72. The normalized spacial score (nSPS) is 15.2. The van der Waals surface area contributed by atoms with Crippen LogP contribution in [-0.2, 0) is 13.0 Å². The molecule has 1 aromatic carbocycles. The van der Waals surface area contributed by atoms with Crippen LogP contribution in [0.15, 0.2) is 30.3 Å². The molecule has 0 fully saturated rings. The minimum atomic E-state index is 0.183. The van der Waals surface area contributed by atoms with Crippen LogP contribution in [0.5, 0.6) is 0 Å². The van der Waals surface area contributed by atoms with E-state index in [1.807, 2.05) is 30.1 Å². The molecule has 0 aliphatic carbocycles. The van der Waals surface area contributed by atoms with Gasteiger partial charge in [0.05, 0.1) is 17.1 Å². The van der Waals surface area contributed by atoms with Crippen LogP contribution in [-0.4, -0.2) is 35.8 Å². The molecular weight excluding hydrogens is 270 g/mol. The number of nitrogens with zero attached hydrogens (tertiary/aromatic N) is 2. The zero-order valence-corrected chi connectivity index (χ0v) is 12.2. The third-order valence-electron chi connectivity index (χ3n) is 3.32. The molecule has 0 bridgehead atoms. The number of likely N-dealkylation sites (N-methyl/N-ethyl adjacent to an activating group) is 1. The molecule has 1 aliphatic heterocycles. The summed E-state index contributed by atoms with van der Waals surface area (Å²) in [7, 11) is 1.95. The number of anilines is 1. The second-order valence-electron chi connectivity index (χ2n) is 5.05. The van der Waals surface area contributed by atoms with Crippen molar-refractivity contribution in [2.24, 2.45) is 0 Å². The Morgan fingerprint density at radius 3 is 2.90 bits per heavy atom. The number of hydrogen-bond acceptors (Lipinski definition) is 5. The topological polar surface area (TPSA) is 45.2 Å². The van der Waals surface area contributed by atoms with Crippen LogP contribution in [0.1, 0.15) is 20.9 Å². The fourth-order valence-electron chi connectivity index (χ4n) is 2.34. The minimum absolute atomic E-state index is 0.183. The van der Waals surface area contributed by atoms with Gasteiger partial charge in [-0.05, 0) is 19.0 Å². The molecule has 0 saturated heterocycles. The first-order chi connectivity index (χ1) is 9.72. The summed E-state index contributed by atoms with van der Waals surface area (Å²) in [5, 5.41) is 4.18. The van der Waals surface area contributed by atoms with Gasteiger partial charge in [-0.2, -0.15) is 0 Å². The maximum absolute atomic E-state index is 11.9. The summed E-state index contributed by atoms with van der Waals surface area (Å²) in [6.07, 6.45) is 0.957. The van der Waals surface area contributed by atoms with E-state index in [1.54, 1.807) is 0 Å². The minimum Gasteiger partial charge on any atom is -0.361 e. The van der Waals surface area contributed by atoms with Gasteiger partial charge in [0.25, 0.3) is 0 Å². The summed E-state index contributed by atoms with van der Waals surface area (Å²) in [6.45, 7) is 2.09. The molecule has 0 atom stereocenters. The Kier molecular flexibility index (Phi) is 3.80. The number of rotatable bonds is 4. The lowest BCUT2D eigenvalue weighted by molar-refractivity contribution is 0.0926. The van der Waals surface area contributed by atoms with E-state index in [0.717, 1.165) is 35.2 Å². The maximum Gasteiger partial charge on any atom is 0.188 e. The highest BCUT2D eigenvalue weighted by Crippen LogP contribution is 2.27. The van der Waals surface area contributed by atoms with Gasteiger partial charge >= 0.3 is 0 Å².